The molecule has 3 heteroatoms. The maximum absolute atomic E-state index is 9.27. The van der Waals surface area contributed by atoms with E-state index in [1.165, 1.54) is 10.8 Å². The first kappa shape index (κ1) is 12.2. The summed E-state index contributed by atoms with van der Waals surface area (Å²) in [7, 11) is -1.24. The highest BCUT2D eigenvalue weighted by molar-refractivity contribution is 8.06. The van der Waals surface area contributed by atoms with Gasteiger partial charge in [-0.2, -0.15) is 0 Å². The van der Waals surface area contributed by atoms with Gasteiger partial charge in [-0.1, -0.05) is 30.3 Å². The van der Waals surface area contributed by atoms with Gasteiger partial charge >= 0.3 is 7.00 Å². The maximum atomic E-state index is 9.27. The molecule has 0 heterocycles. The molecule has 1 N–H and O–H groups in total. The topological polar surface area (TPSA) is 20.2 Å². The Morgan fingerprint density at radius 3 is 2.06 bits per heavy atom. The molecule has 1 radical (unpaired) electrons. The van der Waals surface area contributed by atoms with Crippen LogP contribution in [0.2, 0.25) is 0 Å². The number of hydrogen-bond donors (Lipinski definition) is 1. The van der Waals surface area contributed by atoms with Gasteiger partial charge in [-0.25, -0.2) is 0 Å². The van der Waals surface area contributed by atoms with Crippen LogP contribution in [0.25, 0.3) is 0 Å². The standard InChI is InChI=1S/C14H16BOP/c1-17(2,14-6-4-3-5-7-14)15-12-8-10-13(16)11-9-12/h3-11,16H,1-2H3/q+1. The van der Waals surface area contributed by atoms with E-state index in [1.54, 1.807) is 12.1 Å². The van der Waals surface area contributed by atoms with Crippen LogP contribution in [-0.2, 0) is 0 Å². The molecule has 0 aliphatic rings. The lowest BCUT2D eigenvalue weighted by atomic mass is 9.94. The van der Waals surface area contributed by atoms with Crippen molar-refractivity contribution in [3.05, 3.63) is 54.6 Å². The minimum atomic E-state index is -1.24. The Kier molecular flexibility index (Phi) is 3.54. The van der Waals surface area contributed by atoms with Crippen LogP contribution in [0.15, 0.2) is 54.6 Å². The molecular formula is C14H16BOP+. The molecule has 0 aliphatic heterocycles. The van der Waals surface area contributed by atoms with E-state index >= 15 is 0 Å². The van der Waals surface area contributed by atoms with Crippen molar-refractivity contribution in [2.75, 3.05) is 13.3 Å². The Morgan fingerprint density at radius 2 is 1.47 bits per heavy atom. The summed E-state index contributed by atoms with van der Waals surface area (Å²) in [5, 5.41) is 10.7. The molecule has 17 heavy (non-hydrogen) atoms. The van der Waals surface area contributed by atoms with Gasteiger partial charge in [-0.05, 0) is 36.9 Å². The Labute approximate surface area is 104 Å². The highest BCUT2D eigenvalue weighted by atomic mass is 31.2. The number of aromatic hydroxyl groups is 1. The van der Waals surface area contributed by atoms with Gasteiger partial charge in [-0.3, -0.25) is 0 Å². The number of hydrogen-bond acceptors (Lipinski definition) is 1. The van der Waals surface area contributed by atoms with Crippen molar-refractivity contribution < 1.29 is 5.11 Å². The third-order valence-corrected chi connectivity index (χ3v) is 5.36. The molecule has 0 aliphatic carbocycles. The molecular weight excluding hydrogens is 226 g/mol. The van der Waals surface area contributed by atoms with Gasteiger partial charge in [0.15, 0.2) is 0 Å². The summed E-state index contributed by atoms with van der Waals surface area (Å²) in [6.07, 6.45) is 0. The van der Waals surface area contributed by atoms with Gasteiger partial charge in [0.2, 0.25) is 0 Å². The predicted octanol–water partition coefficient (Wildman–Crippen LogP) is 2.24. The number of rotatable bonds is 3. The third-order valence-electron chi connectivity index (χ3n) is 2.79. The summed E-state index contributed by atoms with van der Waals surface area (Å²) < 4.78 is 0. The van der Waals surface area contributed by atoms with E-state index in [1.807, 2.05) is 18.2 Å². The lowest BCUT2D eigenvalue weighted by molar-refractivity contribution is 0.475. The number of phenolic OH excluding ortho intramolecular Hbond substituents is 1. The molecule has 0 atom stereocenters. The van der Waals surface area contributed by atoms with Crippen molar-refractivity contribution in [3.63, 3.8) is 0 Å². The maximum Gasteiger partial charge on any atom is 0.400 e. The minimum Gasteiger partial charge on any atom is -0.508 e. The normalized spacial score (nSPS) is 11.2. The van der Waals surface area contributed by atoms with Crippen LogP contribution in [0, 0.1) is 0 Å². The first-order valence-corrected chi connectivity index (χ1v) is 8.37. The second kappa shape index (κ2) is 4.93. The van der Waals surface area contributed by atoms with Crippen molar-refractivity contribution in [3.8, 4) is 5.75 Å². The van der Waals surface area contributed by atoms with Crippen LogP contribution >= 0.6 is 7.14 Å². The lowest BCUT2D eigenvalue weighted by Crippen LogP contribution is -2.23. The zero-order valence-electron chi connectivity index (χ0n) is 10.2. The van der Waals surface area contributed by atoms with E-state index in [9.17, 15) is 5.11 Å². The molecule has 0 saturated carbocycles. The van der Waals surface area contributed by atoms with E-state index in [0.717, 1.165) is 0 Å². The monoisotopic (exact) mass is 242 g/mol. The third kappa shape index (κ3) is 3.11. The summed E-state index contributed by atoms with van der Waals surface area (Å²) >= 11 is 0. The molecule has 0 saturated heterocycles. The van der Waals surface area contributed by atoms with E-state index in [0.29, 0.717) is 5.75 Å². The van der Waals surface area contributed by atoms with Crippen LogP contribution in [-0.4, -0.2) is 25.4 Å². The van der Waals surface area contributed by atoms with Crippen molar-refractivity contribution in [2.45, 2.75) is 0 Å². The largest absolute Gasteiger partial charge is 0.508 e. The molecule has 2 aromatic carbocycles. The van der Waals surface area contributed by atoms with Gasteiger partial charge in [0.25, 0.3) is 0 Å². The molecule has 0 aromatic heterocycles. The van der Waals surface area contributed by atoms with Gasteiger partial charge < -0.3 is 5.11 Å². The Morgan fingerprint density at radius 1 is 0.882 bits per heavy atom. The molecule has 85 valence electrons. The number of benzene rings is 2. The smallest absolute Gasteiger partial charge is 0.400 e. The van der Waals surface area contributed by atoms with E-state index in [4.69, 9.17) is 0 Å². The lowest BCUT2D eigenvalue weighted by Gasteiger charge is -2.16. The summed E-state index contributed by atoms with van der Waals surface area (Å²) in [5.41, 5.74) is 1.17. The quantitative estimate of drug-likeness (QED) is 0.646. The van der Waals surface area contributed by atoms with Gasteiger partial charge in [-0.15, -0.1) is 0 Å². The van der Waals surface area contributed by atoms with Crippen LogP contribution in [0.1, 0.15) is 0 Å². The highest BCUT2D eigenvalue weighted by Crippen LogP contribution is 2.47. The molecule has 0 fully saturated rings. The molecule has 0 bridgehead atoms. The molecule has 2 rings (SSSR count). The molecule has 0 spiro atoms. The second-order valence-electron chi connectivity index (χ2n) is 4.60. The van der Waals surface area contributed by atoms with Crippen molar-refractivity contribution in [1.29, 1.82) is 0 Å². The summed E-state index contributed by atoms with van der Waals surface area (Å²) in [6.45, 7) is 6.92. The van der Waals surface area contributed by atoms with Gasteiger partial charge in [0, 0.05) is 13.3 Å². The summed E-state index contributed by atoms with van der Waals surface area (Å²) in [4.78, 5) is 0. The van der Waals surface area contributed by atoms with Crippen molar-refractivity contribution >= 4 is 24.9 Å². The van der Waals surface area contributed by atoms with Gasteiger partial charge in [0.1, 0.15) is 5.75 Å². The predicted molar refractivity (Wildman–Crippen MR) is 78.3 cm³/mol. The van der Waals surface area contributed by atoms with Gasteiger partial charge in [0.05, 0.1) is 5.30 Å². The van der Waals surface area contributed by atoms with Crippen molar-refractivity contribution in [2.24, 2.45) is 0 Å². The SMILES string of the molecule is C[P+](C)([B]c1ccc(O)cc1)c1ccccc1. The fraction of sp³-hybridized carbons (Fsp3) is 0.143. The van der Waals surface area contributed by atoms with E-state index < -0.39 is 7.14 Å². The van der Waals surface area contributed by atoms with Crippen LogP contribution in [0.3, 0.4) is 0 Å². The Hall–Kier alpha value is -1.27. The average molecular weight is 242 g/mol. The fourth-order valence-electron chi connectivity index (χ4n) is 1.82. The molecule has 0 unspecified atom stereocenters. The first-order valence-electron chi connectivity index (χ1n) is 5.62. The fourth-order valence-corrected chi connectivity index (χ4v) is 3.83. The van der Waals surface area contributed by atoms with Crippen molar-refractivity contribution in [1.82, 2.24) is 0 Å². The summed E-state index contributed by atoms with van der Waals surface area (Å²) in [5.74, 6) is 0.318. The van der Waals surface area contributed by atoms with Crippen LogP contribution in [0.5, 0.6) is 5.75 Å². The van der Waals surface area contributed by atoms with Crippen LogP contribution in [0.4, 0.5) is 0 Å². The Balaban J connectivity index is 2.20. The van der Waals surface area contributed by atoms with E-state index in [2.05, 4.69) is 44.6 Å². The zero-order chi connectivity index (χ0) is 12.3. The first-order chi connectivity index (χ1) is 8.08. The minimum absolute atomic E-state index is 0.318. The second-order valence-corrected chi connectivity index (χ2v) is 8.45. The molecule has 2 aromatic rings. The number of phenols is 1. The summed E-state index contributed by atoms with van der Waals surface area (Å²) in [6, 6.07) is 18.0. The van der Waals surface area contributed by atoms with E-state index in [-0.39, 0.29) is 0 Å². The highest BCUT2D eigenvalue weighted by Gasteiger charge is 2.31. The Bertz CT molecular complexity index is 479. The average Bonchev–Trinajstić information content (AvgIpc) is 2.33. The molecule has 0 amide bonds. The zero-order valence-corrected chi connectivity index (χ0v) is 11.1. The molecule has 1 nitrogen and oxygen atoms in total. The van der Waals surface area contributed by atoms with Crippen LogP contribution < -0.4 is 10.8 Å².